The molecule has 0 aliphatic rings. The van der Waals surface area contributed by atoms with Gasteiger partial charge in [0.05, 0.1) is 31.1 Å². The summed E-state index contributed by atoms with van der Waals surface area (Å²) < 4.78 is 6.81. The van der Waals surface area contributed by atoms with Crippen LogP contribution in [0.25, 0.3) is 0 Å². The average Bonchev–Trinajstić information content (AvgIpc) is 2.28. The van der Waals surface area contributed by atoms with E-state index in [-0.39, 0.29) is 11.7 Å². The quantitative estimate of drug-likeness (QED) is 0.804. The van der Waals surface area contributed by atoms with Crippen LogP contribution in [-0.2, 0) is 11.3 Å². The number of aromatic nitrogens is 2. The molecule has 0 atom stereocenters. The predicted octanol–water partition coefficient (Wildman–Crippen LogP) is 1.74. The van der Waals surface area contributed by atoms with Crippen molar-refractivity contribution in [2.24, 2.45) is 5.92 Å². The van der Waals surface area contributed by atoms with Gasteiger partial charge in [-0.05, 0) is 19.8 Å². The molecule has 0 amide bonds. The summed E-state index contributed by atoms with van der Waals surface area (Å²) in [6.45, 7) is 9.99. The van der Waals surface area contributed by atoms with Crippen molar-refractivity contribution in [3.8, 4) is 0 Å². The summed E-state index contributed by atoms with van der Waals surface area (Å²) >= 11 is 0. The molecule has 1 aromatic heterocycles. The van der Waals surface area contributed by atoms with Crippen LogP contribution in [0.4, 0.5) is 5.69 Å². The van der Waals surface area contributed by atoms with Crippen LogP contribution in [0.15, 0.2) is 17.1 Å². The van der Waals surface area contributed by atoms with Crippen molar-refractivity contribution in [1.82, 2.24) is 9.78 Å². The Morgan fingerprint density at radius 3 is 2.67 bits per heavy atom. The Kier molecular flexibility index (Phi) is 5.85. The molecule has 0 aliphatic carbocycles. The van der Waals surface area contributed by atoms with Gasteiger partial charge in [0.1, 0.15) is 0 Å². The van der Waals surface area contributed by atoms with Crippen LogP contribution in [0.5, 0.6) is 0 Å². The molecule has 5 heteroatoms. The third kappa shape index (κ3) is 5.31. The number of nitrogens with one attached hydrogen (secondary N) is 1. The fourth-order valence-electron chi connectivity index (χ4n) is 1.40. The molecule has 1 N–H and O–H groups in total. The number of nitrogens with zero attached hydrogens (tertiary/aromatic N) is 2. The molecule has 0 aliphatic heterocycles. The topological polar surface area (TPSA) is 56.1 Å². The van der Waals surface area contributed by atoms with Crippen molar-refractivity contribution < 1.29 is 4.74 Å². The van der Waals surface area contributed by atoms with Gasteiger partial charge in [-0.15, -0.1) is 0 Å². The highest BCUT2D eigenvalue weighted by atomic mass is 16.5. The standard InChI is InChI=1S/C13H23N3O2/c1-10(2)8-14-12-7-13(17)16(15-9-12)5-6-18-11(3)4/h7,9-11,14H,5-6,8H2,1-4H3. The fourth-order valence-corrected chi connectivity index (χ4v) is 1.40. The SMILES string of the molecule is CC(C)CNc1cnn(CCOC(C)C)c(=O)c1. The van der Waals surface area contributed by atoms with E-state index < -0.39 is 0 Å². The zero-order chi connectivity index (χ0) is 13.5. The smallest absolute Gasteiger partial charge is 0.268 e. The maximum Gasteiger partial charge on any atom is 0.268 e. The largest absolute Gasteiger partial charge is 0.383 e. The predicted molar refractivity (Wildman–Crippen MR) is 72.9 cm³/mol. The maximum atomic E-state index is 11.8. The van der Waals surface area contributed by atoms with Gasteiger partial charge in [0.2, 0.25) is 0 Å². The minimum Gasteiger partial charge on any atom is -0.383 e. The molecule has 0 saturated carbocycles. The third-order valence-corrected chi connectivity index (χ3v) is 2.34. The first-order valence-electron chi connectivity index (χ1n) is 6.41. The number of ether oxygens (including phenoxy) is 1. The summed E-state index contributed by atoms with van der Waals surface area (Å²) in [6.07, 6.45) is 1.85. The van der Waals surface area contributed by atoms with Crippen molar-refractivity contribution in [3.05, 3.63) is 22.6 Å². The molecule has 0 saturated heterocycles. The lowest BCUT2D eigenvalue weighted by Gasteiger charge is -2.10. The van der Waals surface area contributed by atoms with Crippen LogP contribution in [0.1, 0.15) is 27.7 Å². The average molecular weight is 253 g/mol. The second-order valence-electron chi connectivity index (χ2n) is 5.00. The van der Waals surface area contributed by atoms with Crippen LogP contribution in [0, 0.1) is 5.92 Å². The van der Waals surface area contributed by atoms with Crippen molar-refractivity contribution in [2.45, 2.75) is 40.3 Å². The highest BCUT2D eigenvalue weighted by Crippen LogP contribution is 2.01. The Morgan fingerprint density at radius 1 is 1.39 bits per heavy atom. The lowest BCUT2D eigenvalue weighted by atomic mass is 10.2. The minimum atomic E-state index is -0.101. The van der Waals surface area contributed by atoms with Crippen molar-refractivity contribution in [2.75, 3.05) is 18.5 Å². The van der Waals surface area contributed by atoms with Crippen molar-refractivity contribution >= 4 is 5.69 Å². The molecule has 0 bridgehead atoms. The summed E-state index contributed by atoms with van der Waals surface area (Å²) in [4.78, 5) is 11.8. The van der Waals surface area contributed by atoms with Crippen molar-refractivity contribution in [3.63, 3.8) is 0 Å². The van der Waals surface area contributed by atoms with Crippen molar-refractivity contribution in [1.29, 1.82) is 0 Å². The molecule has 0 unspecified atom stereocenters. The lowest BCUT2D eigenvalue weighted by Crippen LogP contribution is -2.25. The highest BCUT2D eigenvalue weighted by Gasteiger charge is 2.01. The molecule has 0 radical (unpaired) electrons. The van der Waals surface area contributed by atoms with E-state index >= 15 is 0 Å². The van der Waals surface area contributed by atoms with E-state index in [4.69, 9.17) is 4.74 Å². The molecule has 0 spiro atoms. The molecular formula is C13H23N3O2. The van der Waals surface area contributed by atoms with Gasteiger partial charge in [-0.1, -0.05) is 13.8 Å². The van der Waals surface area contributed by atoms with Gasteiger partial charge in [0.25, 0.3) is 5.56 Å². The Morgan fingerprint density at radius 2 is 2.11 bits per heavy atom. The van der Waals surface area contributed by atoms with E-state index in [0.717, 1.165) is 12.2 Å². The molecule has 0 aromatic carbocycles. The highest BCUT2D eigenvalue weighted by molar-refractivity contribution is 5.38. The van der Waals surface area contributed by atoms with Gasteiger partial charge < -0.3 is 10.1 Å². The first-order valence-corrected chi connectivity index (χ1v) is 6.41. The maximum absolute atomic E-state index is 11.8. The number of anilines is 1. The first kappa shape index (κ1) is 14.7. The van der Waals surface area contributed by atoms with Gasteiger partial charge in [0, 0.05) is 12.6 Å². The molecule has 1 rings (SSSR count). The van der Waals surface area contributed by atoms with Gasteiger partial charge >= 0.3 is 0 Å². The van der Waals surface area contributed by atoms with Crippen LogP contribution in [-0.4, -0.2) is 29.0 Å². The third-order valence-electron chi connectivity index (χ3n) is 2.34. The molecule has 5 nitrogen and oxygen atoms in total. The van der Waals surface area contributed by atoms with Crippen LogP contribution < -0.4 is 10.9 Å². The number of hydrogen-bond donors (Lipinski definition) is 1. The number of rotatable bonds is 7. The minimum absolute atomic E-state index is 0.101. The van der Waals surface area contributed by atoms with E-state index in [1.54, 1.807) is 12.3 Å². The van der Waals surface area contributed by atoms with E-state index in [2.05, 4.69) is 24.3 Å². The second kappa shape index (κ2) is 7.16. The summed E-state index contributed by atoms with van der Waals surface area (Å²) in [5.74, 6) is 0.534. The Labute approximate surface area is 108 Å². The van der Waals surface area contributed by atoms with E-state index in [1.165, 1.54) is 4.68 Å². The van der Waals surface area contributed by atoms with Gasteiger partial charge in [-0.25, -0.2) is 4.68 Å². The van der Waals surface area contributed by atoms with Crippen LogP contribution in [0.3, 0.4) is 0 Å². The van der Waals surface area contributed by atoms with E-state index in [9.17, 15) is 4.79 Å². The summed E-state index contributed by atoms with van der Waals surface area (Å²) in [6, 6.07) is 1.57. The molecule has 1 aromatic rings. The molecule has 0 fully saturated rings. The Balaban J connectivity index is 2.54. The van der Waals surface area contributed by atoms with Gasteiger partial charge in [-0.2, -0.15) is 5.10 Å². The van der Waals surface area contributed by atoms with E-state index in [0.29, 0.717) is 19.1 Å². The van der Waals surface area contributed by atoms with Gasteiger partial charge in [0.15, 0.2) is 0 Å². The number of hydrogen-bond acceptors (Lipinski definition) is 4. The second-order valence-corrected chi connectivity index (χ2v) is 5.00. The molecule has 18 heavy (non-hydrogen) atoms. The normalized spacial score (nSPS) is 11.2. The zero-order valence-electron chi connectivity index (χ0n) is 11.6. The van der Waals surface area contributed by atoms with Crippen LogP contribution >= 0.6 is 0 Å². The monoisotopic (exact) mass is 253 g/mol. The van der Waals surface area contributed by atoms with Crippen LogP contribution in [0.2, 0.25) is 0 Å². The zero-order valence-corrected chi connectivity index (χ0v) is 11.6. The van der Waals surface area contributed by atoms with Gasteiger partial charge in [-0.3, -0.25) is 4.79 Å². The summed E-state index contributed by atoms with van der Waals surface area (Å²) in [7, 11) is 0. The summed E-state index contributed by atoms with van der Waals surface area (Å²) in [5.41, 5.74) is 0.672. The fraction of sp³-hybridized carbons (Fsp3) is 0.692. The Hall–Kier alpha value is -1.36. The molecule has 1 heterocycles. The van der Waals surface area contributed by atoms with E-state index in [1.807, 2.05) is 13.8 Å². The molecular weight excluding hydrogens is 230 g/mol. The Bertz CT molecular complexity index is 413. The first-order chi connectivity index (χ1) is 8.49. The lowest BCUT2D eigenvalue weighted by molar-refractivity contribution is 0.0702. The molecule has 102 valence electrons. The summed E-state index contributed by atoms with van der Waals surface area (Å²) in [5, 5.41) is 7.29.